The third-order valence-corrected chi connectivity index (χ3v) is 10.7. The van der Waals surface area contributed by atoms with Crippen LogP contribution in [0.5, 0.6) is 0 Å². The topological polar surface area (TPSA) is 192 Å². The van der Waals surface area contributed by atoms with Gasteiger partial charge in [-0.2, -0.15) is 5.10 Å². The van der Waals surface area contributed by atoms with E-state index in [9.17, 15) is 19.7 Å². The summed E-state index contributed by atoms with van der Waals surface area (Å²) < 4.78 is 43.5. The number of nitrogen functional groups attached to an aromatic ring is 1. The summed E-state index contributed by atoms with van der Waals surface area (Å²) in [7, 11) is -3.27. The first-order valence-corrected chi connectivity index (χ1v) is 21.1. The van der Waals surface area contributed by atoms with Crippen LogP contribution < -0.4 is 5.73 Å². The summed E-state index contributed by atoms with van der Waals surface area (Å²) in [5.74, 6) is 0.222. The molecular weight excluding hydrogens is 713 g/mol. The van der Waals surface area contributed by atoms with E-state index in [2.05, 4.69) is 22.0 Å². The molecule has 0 aliphatic carbocycles. The molecule has 0 radical (unpaired) electrons. The zero-order chi connectivity index (χ0) is 38.7. The number of hydrogen-bond donors (Lipinski definition) is 4. The van der Waals surface area contributed by atoms with Crippen molar-refractivity contribution in [1.29, 1.82) is 0 Å². The van der Waals surface area contributed by atoms with Gasteiger partial charge in [0.15, 0.2) is 11.4 Å². The molecule has 1 aliphatic rings. The highest BCUT2D eigenvalue weighted by molar-refractivity contribution is 7.47. The van der Waals surface area contributed by atoms with Gasteiger partial charge in [0.1, 0.15) is 36.3 Å². The van der Waals surface area contributed by atoms with E-state index in [1.807, 2.05) is 30.3 Å². The lowest BCUT2D eigenvalue weighted by molar-refractivity contribution is -0.0694. The molecule has 0 bridgehead atoms. The van der Waals surface area contributed by atoms with Gasteiger partial charge in [0.2, 0.25) is 0 Å². The monoisotopic (exact) mass is 775 g/mol. The molecule has 6 atom stereocenters. The Morgan fingerprint density at radius 3 is 2.24 bits per heavy atom. The number of nitrogens with two attached hydrogens (primary N) is 1. The number of benzene rings is 1. The fourth-order valence-electron chi connectivity index (χ4n) is 6.71. The van der Waals surface area contributed by atoms with E-state index >= 15 is 0 Å². The molecule has 4 rings (SSSR count). The van der Waals surface area contributed by atoms with Gasteiger partial charge in [-0.3, -0.25) is 14.0 Å². The van der Waals surface area contributed by atoms with Crippen LogP contribution in [0.3, 0.4) is 0 Å². The standard InChI is InChI=1S/C39H62N5O9P/c1-3-4-5-6-7-8-9-10-11-12-13-14-15-19-24-50-32(26-49-25-31-20-17-16-18-21-31)27-51-54(47,48)52-29-39(28-41-2)37(46)35(45)36(53-39)33-22-23-34-38(40)42-30-43-44(33)34/h16-18,20-23,28,30,32,35-37,45-46H,3-15,19,24-27,29H2,1-2H3,(H,47,48)(H2,40,42,43)/b41-28-/t32-,35+,36+,37+,39-/m1/s1. The Bertz CT molecular complexity index is 1560. The van der Waals surface area contributed by atoms with Crippen molar-refractivity contribution >= 4 is 25.4 Å². The molecule has 3 aromatic rings. The molecule has 0 spiro atoms. The van der Waals surface area contributed by atoms with Crippen LogP contribution in [0.25, 0.3) is 5.52 Å². The summed E-state index contributed by atoms with van der Waals surface area (Å²) in [6, 6.07) is 13.0. The summed E-state index contributed by atoms with van der Waals surface area (Å²) >= 11 is 0. The highest BCUT2D eigenvalue weighted by atomic mass is 31.2. The van der Waals surface area contributed by atoms with Crippen LogP contribution in [0.1, 0.15) is 114 Å². The van der Waals surface area contributed by atoms with Gasteiger partial charge in [-0.25, -0.2) is 14.1 Å². The number of nitrogens with zero attached hydrogens (tertiary/aromatic N) is 4. The van der Waals surface area contributed by atoms with E-state index in [0.717, 1.165) is 24.8 Å². The van der Waals surface area contributed by atoms with Gasteiger partial charge in [0.05, 0.1) is 32.1 Å². The summed E-state index contributed by atoms with van der Waals surface area (Å²) in [4.78, 5) is 18.7. The number of phosphoric ester groups is 1. The maximum Gasteiger partial charge on any atom is 0.472 e. The Hall–Kier alpha value is -2.78. The summed E-state index contributed by atoms with van der Waals surface area (Å²) in [5, 5.41) is 26.4. The number of rotatable bonds is 28. The minimum Gasteiger partial charge on any atom is -0.387 e. The Morgan fingerprint density at radius 2 is 1.59 bits per heavy atom. The van der Waals surface area contributed by atoms with Crippen molar-refractivity contribution in [3.63, 3.8) is 0 Å². The number of phosphoric acid groups is 1. The zero-order valence-corrected chi connectivity index (χ0v) is 32.9. The Labute approximate surface area is 320 Å². The fourth-order valence-corrected chi connectivity index (χ4v) is 7.50. The average Bonchev–Trinajstić information content (AvgIpc) is 3.71. The number of hydrogen-bond acceptors (Lipinski definition) is 12. The van der Waals surface area contributed by atoms with E-state index in [1.54, 1.807) is 12.1 Å². The summed E-state index contributed by atoms with van der Waals surface area (Å²) in [6.45, 7) is 2.26. The van der Waals surface area contributed by atoms with Crippen molar-refractivity contribution in [2.75, 3.05) is 39.2 Å². The van der Waals surface area contributed by atoms with E-state index in [1.165, 1.54) is 94.7 Å². The number of anilines is 1. The molecule has 302 valence electrons. The number of aliphatic imine (C=N–C) groups is 1. The van der Waals surface area contributed by atoms with Crippen LogP contribution in [-0.2, 0) is 34.4 Å². The van der Waals surface area contributed by atoms with E-state index in [-0.39, 0.29) is 19.0 Å². The number of fused-ring (bicyclic) bond motifs is 1. The predicted molar refractivity (Wildman–Crippen MR) is 208 cm³/mol. The smallest absolute Gasteiger partial charge is 0.387 e. The lowest BCUT2D eigenvalue weighted by Gasteiger charge is -2.28. The predicted octanol–water partition coefficient (Wildman–Crippen LogP) is 6.76. The average molecular weight is 776 g/mol. The third-order valence-electron chi connectivity index (χ3n) is 9.77. The van der Waals surface area contributed by atoms with Crippen molar-refractivity contribution in [2.45, 2.75) is 133 Å². The van der Waals surface area contributed by atoms with E-state index in [4.69, 9.17) is 29.0 Å². The molecule has 15 heteroatoms. The van der Waals surface area contributed by atoms with Gasteiger partial charge in [-0.15, -0.1) is 0 Å². The number of aliphatic hydroxyl groups excluding tert-OH is 2. The molecule has 54 heavy (non-hydrogen) atoms. The molecule has 3 heterocycles. The van der Waals surface area contributed by atoms with Gasteiger partial charge in [-0.05, 0) is 24.1 Å². The second-order valence-corrected chi connectivity index (χ2v) is 15.6. The van der Waals surface area contributed by atoms with Gasteiger partial charge in [0, 0.05) is 19.9 Å². The number of unbranched alkanes of at least 4 members (excludes halogenated alkanes) is 13. The van der Waals surface area contributed by atoms with Crippen molar-refractivity contribution in [2.24, 2.45) is 4.99 Å². The van der Waals surface area contributed by atoms with Gasteiger partial charge in [-0.1, -0.05) is 121 Å². The Balaban J connectivity index is 1.23. The van der Waals surface area contributed by atoms with Crippen LogP contribution in [-0.4, -0.2) is 93.3 Å². The number of aliphatic hydroxyl groups is 2. The molecule has 1 fully saturated rings. The number of ether oxygens (including phenoxy) is 3. The first kappa shape index (κ1) is 43.9. The summed E-state index contributed by atoms with van der Waals surface area (Å²) in [6.07, 6.45) is 15.3. The molecule has 14 nitrogen and oxygen atoms in total. The Kier molecular flexibility index (Phi) is 19.0. The molecule has 5 N–H and O–H groups in total. The normalized spacial score (nSPS) is 22.0. The quantitative estimate of drug-likeness (QED) is 0.0345. The lowest BCUT2D eigenvalue weighted by atomic mass is 9.96. The lowest BCUT2D eigenvalue weighted by Crippen LogP contribution is -2.48. The second-order valence-electron chi connectivity index (χ2n) is 14.1. The minimum absolute atomic E-state index is 0.134. The highest BCUT2D eigenvalue weighted by Gasteiger charge is 2.55. The van der Waals surface area contributed by atoms with Crippen molar-refractivity contribution in [3.8, 4) is 0 Å². The van der Waals surface area contributed by atoms with E-state index < -0.39 is 44.4 Å². The highest BCUT2D eigenvalue weighted by Crippen LogP contribution is 2.47. The molecule has 1 aliphatic heterocycles. The van der Waals surface area contributed by atoms with Crippen LogP contribution >= 0.6 is 7.82 Å². The molecule has 2 aromatic heterocycles. The van der Waals surface area contributed by atoms with Crippen LogP contribution in [0.2, 0.25) is 0 Å². The van der Waals surface area contributed by atoms with Crippen LogP contribution in [0.4, 0.5) is 5.82 Å². The fraction of sp³-hybridized carbons (Fsp3) is 0.667. The maximum absolute atomic E-state index is 13.2. The van der Waals surface area contributed by atoms with Gasteiger partial charge < -0.3 is 35.1 Å². The maximum atomic E-state index is 13.2. The van der Waals surface area contributed by atoms with Crippen molar-refractivity contribution in [3.05, 3.63) is 60.0 Å². The van der Waals surface area contributed by atoms with Crippen LogP contribution in [0.15, 0.2) is 53.8 Å². The minimum atomic E-state index is -4.71. The Morgan fingerprint density at radius 1 is 0.944 bits per heavy atom. The largest absolute Gasteiger partial charge is 0.472 e. The molecule has 1 saturated heterocycles. The second kappa shape index (κ2) is 23.3. The third kappa shape index (κ3) is 13.8. The first-order chi connectivity index (χ1) is 26.2. The molecule has 0 saturated carbocycles. The first-order valence-electron chi connectivity index (χ1n) is 19.6. The zero-order valence-electron chi connectivity index (χ0n) is 32.0. The van der Waals surface area contributed by atoms with Crippen molar-refractivity contribution in [1.82, 2.24) is 14.6 Å². The molecule has 0 amide bonds. The van der Waals surface area contributed by atoms with Crippen molar-refractivity contribution < 1.29 is 42.9 Å². The summed E-state index contributed by atoms with van der Waals surface area (Å²) in [5.41, 5.74) is 6.03. The van der Waals surface area contributed by atoms with Crippen LogP contribution in [0, 0.1) is 0 Å². The van der Waals surface area contributed by atoms with Gasteiger partial charge >= 0.3 is 7.82 Å². The molecular formula is C39H62N5O9P. The van der Waals surface area contributed by atoms with E-state index in [0.29, 0.717) is 24.4 Å². The molecule has 1 unspecified atom stereocenters. The van der Waals surface area contributed by atoms with Gasteiger partial charge in [0.25, 0.3) is 0 Å². The SMILES string of the molecule is CCCCCCCCCCCCCCCCO[C@H](COCc1ccccc1)COP(=O)(O)OC[C@@]1(/C=N\C)O[C@@H](c2ccc3c(N)ncnn23)[C@H](O)[C@@H]1O. The molecule has 1 aromatic carbocycles. The number of aromatic nitrogens is 3.